The number of ether oxygens (including phenoxy) is 3. The second-order valence-electron chi connectivity index (χ2n) is 6.81. The van der Waals surface area contributed by atoms with Crippen LogP contribution in [0.25, 0.3) is 0 Å². The first-order valence-corrected chi connectivity index (χ1v) is 8.68. The van der Waals surface area contributed by atoms with E-state index in [1.54, 1.807) is 21.3 Å². The Morgan fingerprint density at radius 1 is 0.808 bits per heavy atom. The summed E-state index contributed by atoms with van der Waals surface area (Å²) in [4.78, 5) is 0. The first-order chi connectivity index (χ1) is 12.3. The van der Waals surface area contributed by atoms with Gasteiger partial charge < -0.3 is 24.8 Å². The number of nitrogens with one attached hydrogen (secondary N) is 2. The van der Waals surface area contributed by atoms with Crippen LogP contribution < -0.4 is 24.8 Å². The summed E-state index contributed by atoms with van der Waals surface area (Å²) in [5.41, 5.74) is 2.73. The van der Waals surface area contributed by atoms with Crippen molar-refractivity contribution in [3.05, 3.63) is 42.0 Å². The van der Waals surface area contributed by atoms with Crippen molar-refractivity contribution in [1.29, 1.82) is 0 Å². The van der Waals surface area contributed by atoms with Crippen molar-refractivity contribution >= 4 is 28.7 Å². The number of anilines is 2. The van der Waals surface area contributed by atoms with E-state index in [1.807, 2.05) is 24.3 Å². The van der Waals surface area contributed by atoms with E-state index in [4.69, 9.17) is 26.4 Å². The molecular weight excluding hydrogens is 348 g/mol. The number of rotatable bonds is 5. The lowest BCUT2D eigenvalue weighted by Gasteiger charge is -2.22. The van der Waals surface area contributed by atoms with Gasteiger partial charge in [0, 0.05) is 6.07 Å². The second-order valence-corrected chi connectivity index (χ2v) is 7.22. The Kier molecular flexibility index (Phi) is 6.32. The quantitative estimate of drug-likeness (QED) is 0.732. The number of hydrogen-bond donors (Lipinski definition) is 2. The molecule has 5 nitrogen and oxygen atoms in total. The summed E-state index contributed by atoms with van der Waals surface area (Å²) >= 11 is 5.48. The summed E-state index contributed by atoms with van der Waals surface area (Å²) in [5, 5.41) is 6.80. The van der Waals surface area contributed by atoms with E-state index in [1.165, 1.54) is 5.56 Å². The number of thiocarbonyl (C=S) groups is 1. The molecule has 6 heteroatoms. The zero-order valence-corrected chi connectivity index (χ0v) is 16.9. The van der Waals surface area contributed by atoms with E-state index in [2.05, 4.69) is 43.5 Å². The van der Waals surface area contributed by atoms with Crippen molar-refractivity contribution in [3.8, 4) is 17.2 Å². The molecule has 0 saturated heterocycles. The van der Waals surface area contributed by atoms with E-state index >= 15 is 0 Å². The van der Waals surface area contributed by atoms with E-state index < -0.39 is 0 Å². The van der Waals surface area contributed by atoms with Gasteiger partial charge in [-0.1, -0.05) is 26.8 Å². The fourth-order valence-electron chi connectivity index (χ4n) is 2.46. The van der Waals surface area contributed by atoms with Crippen molar-refractivity contribution in [2.45, 2.75) is 26.2 Å². The van der Waals surface area contributed by atoms with Gasteiger partial charge in [0.2, 0.25) is 0 Å². The van der Waals surface area contributed by atoms with Crippen molar-refractivity contribution < 1.29 is 14.2 Å². The van der Waals surface area contributed by atoms with Crippen LogP contribution in [-0.4, -0.2) is 26.4 Å². The Morgan fingerprint density at radius 3 is 1.85 bits per heavy atom. The van der Waals surface area contributed by atoms with Crippen molar-refractivity contribution in [2.75, 3.05) is 32.0 Å². The van der Waals surface area contributed by atoms with Crippen LogP contribution in [0.5, 0.6) is 17.2 Å². The van der Waals surface area contributed by atoms with Crippen molar-refractivity contribution in [2.24, 2.45) is 0 Å². The fraction of sp³-hybridized carbons (Fsp3) is 0.350. The molecule has 26 heavy (non-hydrogen) atoms. The number of benzene rings is 2. The standard InChI is InChI=1S/C20H26N2O3S/c1-20(2,3)13-7-9-17(24-5)15(11-13)21-19(26)22-16-12-14(23-4)8-10-18(16)25-6/h7-12H,1-6H3,(H2,21,22,26). The molecule has 0 aliphatic rings. The van der Waals surface area contributed by atoms with Gasteiger partial charge >= 0.3 is 0 Å². The molecule has 0 aliphatic carbocycles. The average molecular weight is 375 g/mol. The molecule has 0 radical (unpaired) electrons. The van der Waals surface area contributed by atoms with Gasteiger partial charge in [-0.25, -0.2) is 0 Å². The molecule has 0 amide bonds. The van der Waals surface area contributed by atoms with Crippen LogP contribution in [0.4, 0.5) is 11.4 Å². The molecule has 0 bridgehead atoms. The first-order valence-electron chi connectivity index (χ1n) is 8.27. The fourth-order valence-corrected chi connectivity index (χ4v) is 2.68. The molecular formula is C20H26N2O3S. The van der Waals surface area contributed by atoms with Gasteiger partial charge in [0.1, 0.15) is 17.2 Å². The Morgan fingerprint density at radius 2 is 1.35 bits per heavy atom. The molecule has 0 aromatic heterocycles. The SMILES string of the molecule is COc1ccc(OC)c(NC(=S)Nc2cc(C(C)(C)C)ccc2OC)c1. The first kappa shape index (κ1) is 19.8. The highest BCUT2D eigenvalue weighted by Gasteiger charge is 2.17. The molecule has 2 aromatic rings. The lowest BCUT2D eigenvalue weighted by molar-refractivity contribution is 0.405. The number of methoxy groups -OCH3 is 3. The third-order valence-electron chi connectivity index (χ3n) is 3.97. The minimum Gasteiger partial charge on any atom is -0.497 e. The maximum Gasteiger partial charge on any atom is 0.175 e. The monoisotopic (exact) mass is 374 g/mol. The minimum atomic E-state index is 0.0216. The summed E-state index contributed by atoms with van der Waals surface area (Å²) in [7, 11) is 4.86. The molecule has 0 unspecified atom stereocenters. The molecule has 140 valence electrons. The highest BCUT2D eigenvalue weighted by Crippen LogP contribution is 2.32. The Balaban J connectivity index is 2.25. The average Bonchev–Trinajstić information content (AvgIpc) is 2.60. The lowest BCUT2D eigenvalue weighted by Crippen LogP contribution is -2.20. The van der Waals surface area contributed by atoms with Crippen LogP contribution in [0.1, 0.15) is 26.3 Å². The molecule has 2 aromatic carbocycles. The maximum absolute atomic E-state index is 5.48. The molecule has 0 heterocycles. The minimum absolute atomic E-state index is 0.0216. The second kappa shape index (κ2) is 8.27. The van der Waals surface area contributed by atoms with Crippen LogP contribution in [0.15, 0.2) is 36.4 Å². The van der Waals surface area contributed by atoms with Gasteiger partial charge in [0.05, 0.1) is 32.7 Å². The lowest BCUT2D eigenvalue weighted by atomic mass is 9.87. The summed E-state index contributed by atoms with van der Waals surface area (Å²) in [6, 6.07) is 11.5. The summed E-state index contributed by atoms with van der Waals surface area (Å²) in [5.74, 6) is 2.11. The van der Waals surface area contributed by atoms with Crippen LogP contribution in [0.3, 0.4) is 0 Å². The van der Waals surface area contributed by atoms with Gasteiger partial charge in [0.25, 0.3) is 0 Å². The zero-order chi connectivity index (χ0) is 19.3. The maximum atomic E-state index is 5.48. The largest absolute Gasteiger partial charge is 0.497 e. The summed E-state index contributed by atoms with van der Waals surface area (Å²) in [6.07, 6.45) is 0. The van der Waals surface area contributed by atoms with Gasteiger partial charge in [-0.15, -0.1) is 0 Å². The highest BCUT2D eigenvalue weighted by molar-refractivity contribution is 7.80. The molecule has 0 atom stereocenters. The predicted molar refractivity (Wildman–Crippen MR) is 111 cm³/mol. The van der Waals surface area contributed by atoms with Crippen LogP contribution in [0.2, 0.25) is 0 Å². The third kappa shape index (κ3) is 4.79. The van der Waals surface area contributed by atoms with E-state index in [9.17, 15) is 0 Å². The molecule has 0 saturated carbocycles. The molecule has 0 fully saturated rings. The Labute approximate surface area is 160 Å². The van der Waals surface area contributed by atoms with Crippen molar-refractivity contribution in [1.82, 2.24) is 0 Å². The normalized spacial score (nSPS) is 10.8. The third-order valence-corrected chi connectivity index (χ3v) is 4.17. The Bertz CT molecular complexity index is 785. The van der Waals surface area contributed by atoms with Crippen LogP contribution in [0, 0.1) is 0 Å². The smallest absolute Gasteiger partial charge is 0.175 e. The van der Waals surface area contributed by atoms with Crippen LogP contribution >= 0.6 is 12.2 Å². The van der Waals surface area contributed by atoms with E-state index in [0.29, 0.717) is 16.6 Å². The van der Waals surface area contributed by atoms with E-state index in [0.717, 1.165) is 17.1 Å². The van der Waals surface area contributed by atoms with Gasteiger partial charge in [-0.05, 0) is 47.5 Å². The summed E-state index contributed by atoms with van der Waals surface area (Å²) in [6.45, 7) is 6.49. The topological polar surface area (TPSA) is 51.8 Å². The number of hydrogen-bond acceptors (Lipinski definition) is 4. The Hall–Kier alpha value is -2.47. The molecule has 2 N–H and O–H groups in total. The molecule has 2 rings (SSSR count). The molecule has 0 aliphatic heterocycles. The van der Waals surface area contributed by atoms with Gasteiger partial charge in [-0.2, -0.15) is 0 Å². The van der Waals surface area contributed by atoms with Crippen molar-refractivity contribution in [3.63, 3.8) is 0 Å². The van der Waals surface area contributed by atoms with E-state index in [-0.39, 0.29) is 5.41 Å². The van der Waals surface area contributed by atoms with Gasteiger partial charge in [0.15, 0.2) is 5.11 Å². The summed E-state index contributed by atoms with van der Waals surface area (Å²) < 4.78 is 16.1. The zero-order valence-electron chi connectivity index (χ0n) is 16.1. The van der Waals surface area contributed by atoms with Crippen LogP contribution in [-0.2, 0) is 5.41 Å². The molecule has 0 spiro atoms. The predicted octanol–water partition coefficient (Wildman–Crippen LogP) is 4.82. The van der Waals surface area contributed by atoms with Gasteiger partial charge in [-0.3, -0.25) is 0 Å². The highest BCUT2D eigenvalue weighted by atomic mass is 32.1.